The molecule has 5 nitrogen and oxygen atoms in total. The van der Waals surface area contributed by atoms with Gasteiger partial charge in [-0.2, -0.15) is 0 Å². The van der Waals surface area contributed by atoms with Crippen LogP contribution in [0.15, 0.2) is 0 Å². The summed E-state index contributed by atoms with van der Waals surface area (Å²) >= 11 is 0. The molecule has 5 heteroatoms. The zero-order chi connectivity index (χ0) is 17.6. The summed E-state index contributed by atoms with van der Waals surface area (Å²) < 4.78 is 0. The Balaban J connectivity index is 4.95. The molecule has 0 aromatic carbocycles. The van der Waals surface area contributed by atoms with E-state index in [0.717, 1.165) is 12.8 Å². The van der Waals surface area contributed by atoms with Crippen LogP contribution < -0.4 is 10.6 Å². The predicted molar refractivity (Wildman–Crippen MR) is 88.4 cm³/mol. The lowest BCUT2D eigenvalue weighted by Crippen LogP contribution is -2.51. The minimum atomic E-state index is -0.810. The fourth-order valence-corrected chi connectivity index (χ4v) is 1.59. The van der Waals surface area contributed by atoms with Crippen molar-refractivity contribution in [2.45, 2.75) is 73.8 Å². The molecule has 0 heterocycles. The molecule has 128 valence electrons. The quantitative estimate of drug-likeness (QED) is 0.709. The molecule has 0 radical (unpaired) electrons. The van der Waals surface area contributed by atoms with Crippen LogP contribution in [0.5, 0.6) is 0 Å². The lowest BCUT2D eigenvalue weighted by atomic mass is 9.86. The molecule has 0 saturated carbocycles. The normalized spacial score (nSPS) is 13.4. The van der Waals surface area contributed by atoms with E-state index in [9.17, 15) is 14.4 Å². The first kappa shape index (κ1) is 20.6. The Kier molecular flexibility index (Phi) is 7.77. The Morgan fingerprint density at radius 3 is 1.91 bits per heavy atom. The van der Waals surface area contributed by atoms with Crippen molar-refractivity contribution in [3.63, 3.8) is 0 Å². The molecule has 22 heavy (non-hydrogen) atoms. The first-order chi connectivity index (χ1) is 9.89. The molecule has 2 N–H and O–H groups in total. The molecule has 1 atom stereocenters. The molecule has 0 aromatic heterocycles. The molecule has 0 saturated heterocycles. The van der Waals surface area contributed by atoms with Gasteiger partial charge in [0.1, 0.15) is 11.8 Å². The van der Waals surface area contributed by atoms with Crippen LogP contribution in [0, 0.1) is 10.8 Å². The third-order valence-corrected chi connectivity index (χ3v) is 3.36. The standard InChI is InChI=1S/C17H32N2O3/c1-8-9-10-18-14(21)12(11-13(20)16(2,3)4)19-15(22)17(5,6)7/h12H,8-11H2,1-7H3,(H,18,21)(H,19,22). The summed E-state index contributed by atoms with van der Waals surface area (Å²) in [6.07, 6.45) is 1.86. The minimum Gasteiger partial charge on any atom is -0.354 e. The van der Waals surface area contributed by atoms with Gasteiger partial charge >= 0.3 is 0 Å². The van der Waals surface area contributed by atoms with Gasteiger partial charge in [0.05, 0.1) is 0 Å². The SMILES string of the molecule is CCCCNC(=O)C(CC(=O)C(C)(C)C)NC(=O)C(C)(C)C. The van der Waals surface area contributed by atoms with Gasteiger partial charge < -0.3 is 10.6 Å². The number of hydrogen-bond acceptors (Lipinski definition) is 3. The van der Waals surface area contributed by atoms with Crippen molar-refractivity contribution >= 4 is 17.6 Å². The number of amides is 2. The maximum absolute atomic E-state index is 12.3. The van der Waals surface area contributed by atoms with Gasteiger partial charge in [-0.05, 0) is 6.42 Å². The Bertz CT molecular complexity index is 375. The van der Waals surface area contributed by atoms with Crippen molar-refractivity contribution in [3.05, 3.63) is 0 Å². The highest BCUT2D eigenvalue weighted by Crippen LogP contribution is 2.19. The van der Waals surface area contributed by atoms with E-state index in [-0.39, 0.29) is 24.0 Å². The van der Waals surface area contributed by atoms with Crippen molar-refractivity contribution < 1.29 is 14.4 Å². The molecule has 1 unspecified atom stereocenters. The molecule has 0 spiro atoms. The summed E-state index contributed by atoms with van der Waals surface area (Å²) in [5.74, 6) is -0.564. The molecule has 0 bridgehead atoms. The van der Waals surface area contributed by atoms with Crippen LogP contribution in [0.1, 0.15) is 67.7 Å². The van der Waals surface area contributed by atoms with E-state index in [1.54, 1.807) is 20.8 Å². The van der Waals surface area contributed by atoms with Gasteiger partial charge in [-0.15, -0.1) is 0 Å². The maximum atomic E-state index is 12.3. The summed E-state index contributed by atoms with van der Waals surface area (Å²) in [5.41, 5.74) is -1.14. The fourth-order valence-electron chi connectivity index (χ4n) is 1.59. The van der Waals surface area contributed by atoms with Gasteiger partial charge in [0.15, 0.2) is 0 Å². The zero-order valence-corrected chi connectivity index (χ0v) is 15.1. The van der Waals surface area contributed by atoms with Crippen LogP contribution in [0.2, 0.25) is 0 Å². The van der Waals surface area contributed by atoms with Crippen molar-refractivity contribution in [3.8, 4) is 0 Å². The summed E-state index contributed by atoms with van der Waals surface area (Å²) in [5, 5.41) is 5.51. The lowest BCUT2D eigenvalue weighted by Gasteiger charge is -2.26. The molecule has 0 aromatic rings. The molecule has 2 amide bonds. The van der Waals surface area contributed by atoms with E-state index in [0.29, 0.717) is 6.54 Å². The molecule has 0 aliphatic heterocycles. The van der Waals surface area contributed by atoms with Crippen LogP contribution in [-0.2, 0) is 14.4 Å². The van der Waals surface area contributed by atoms with Gasteiger partial charge in [0, 0.05) is 23.8 Å². The van der Waals surface area contributed by atoms with Gasteiger partial charge in [-0.3, -0.25) is 14.4 Å². The maximum Gasteiger partial charge on any atom is 0.243 e. The van der Waals surface area contributed by atoms with E-state index in [4.69, 9.17) is 0 Å². The average Bonchev–Trinajstić information content (AvgIpc) is 2.35. The van der Waals surface area contributed by atoms with Crippen LogP contribution in [0.25, 0.3) is 0 Å². The van der Waals surface area contributed by atoms with Crippen molar-refractivity contribution in [1.29, 1.82) is 0 Å². The number of Topliss-reactive ketones (excluding diaryl/α,β-unsaturated/α-hetero) is 1. The van der Waals surface area contributed by atoms with Crippen LogP contribution in [0.4, 0.5) is 0 Å². The monoisotopic (exact) mass is 312 g/mol. The molecule has 0 aliphatic carbocycles. The largest absolute Gasteiger partial charge is 0.354 e. The van der Waals surface area contributed by atoms with Crippen molar-refractivity contribution in [1.82, 2.24) is 10.6 Å². The van der Waals surface area contributed by atoms with E-state index >= 15 is 0 Å². The number of carbonyl (C=O) groups excluding carboxylic acids is 3. The van der Waals surface area contributed by atoms with E-state index < -0.39 is 16.9 Å². The summed E-state index contributed by atoms with van der Waals surface area (Å²) in [6.45, 7) is 13.4. The fraction of sp³-hybridized carbons (Fsp3) is 0.824. The van der Waals surface area contributed by atoms with E-state index in [1.807, 2.05) is 27.7 Å². The Morgan fingerprint density at radius 1 is 0.955 bits per heavy atom. The third-order valence-electron chi connectivity index (χ3n) is 3.36. The summed E-state index contributed by atoms with van der Waals surface area (Å²) in [7, 11) is 0. The minimum absolute atomic E-state index is 0.0171. The Morgan fingerprint density at radius 2 is 1.50 bits per heavy atom. The topological polar surface area (TPSA) is 75.3 Å². The number of hydrogen-bond donors (Lipinski definition) is 2. The molecule has 0 rings (SSSR count). The second-order valence-electron chi connectivity index (χ2n) is 7.80. The second-order valence-corrected chi connectivity index (χ2v) is 7.80. The average molecular weight is 312 g/mol. The summed E-state index contributed by atoms with van der Waals surface area (Å²) in [4.78, 5) is 36.6. The van der Waals surface area contributed by atoms with Gasteiger partial charge in [0.2, 0.25) is 11.8 Å². The number of rotatable bonds is 7. The Labute approximate surface area is 134 Å². The first-order valence-corrected chi connectivity index (χ1v) is 8.01. The predicted octanol–water partition coefficient (Wildman–Crippen LogP) is 2.44. The molecular formula is C17H32N2O3. The lowest BCUT2D eigenvalue weighted by molar-refractivity contribution is -0.136. The molecule has 0 aliphatic rings. The van der Waals surface area contributed by atoms with Gasteiger partial charge in [-0.25, -0.2) is 0 Å². The number of unbranched alkanes of at least 4 members (excludes halogenated alkanes) is 1. The van der Waals surface area contributed by atoms with Gasteiger partial charge in [-0.1, -0.05) is 54.9 Å². The number of carbonyl (C=O) groups is 3. The van der Waals surface area contributed by atoms with E-state index in [2.05, 4.69) is 10.6 Å². The third kappa shape index (κ3) is 7.57. The van der Waals surface area contributed by atoms with Crippen LogP contribution in [0.3, 0.4) is 0 Å². The summed E-state index contributed by atoms with van der Waals surface area (Å²) in [6, 6.07) is -0.810. The number of nitrogens with one attached hydrogen (secondary N) is 2. The highest BCUT2D eigenvalue weighted by Gasteiger charge is 2.32. The first-order valence-electron chi connectivity index (χ1n) is 8.01. The zero-order valence-electron chi connectivity index (χ0n) is 15.1. The highest BCUT2D eigenvalue weighted by molar-refractivity contribution is 5.94. The van der Waals surface area contributed by atoms with Crippen LogP contribution in [-0.4, -0.2) is 30.2 Å². The smallest absolute Gasteiger partial charge is 0.243 e. The highest BCUT2D eigenvalue weighted by atomic mass is 16.2. The van der Waals surface area contributed by atoms with Gasteiger partial charge in [0.25, 0.3) is 0 Å². The molecule has 0 fully saturated rings. The Hall–Kier alpha value is -1.39. The van der Waals surface area contributed by atoms with Crippen LogP contribution >= 0.6 is 0 Å². The molecular weight excluding hydrogens is 280 g/mol. The second kappa shape index (κ2) is 8.30. The van der Waals surface area contributed by atoms with E-state index in [1.165, 1.54) is 0 Å². The van der Waals surface area contributed by atoms with Crippen molar-refractivity contribution in [2.24, 2.45) is 10.8 Å². The number of ketones is 1. The van der Waals surface area contributed by atoms with Crippen molar-refractivity contribution in [2.75, 3.05) is 6.54 Å².